The molecule has 3 nitrogen and oxygen atoms in total. The lowest BCUT2D eigenvalue weighted by molar-refractivity contribution is 0.651. The van der Waals surface area contributed by atoms with Crippen molar-refractivity contribution in [2.24, 2.45) is 9.98 Å². The quantitative estimate of drug-likeness (QED) is 0.120. The summed E-state index contributed by atoms with van der Waals surface area (Å²) in [6.07, 6.45) is 5.47. The summed E-state index contributed by atoms with van der Waals surface area (Å²) in [5.74, 6) is 0.940. The van der Waals surface area contributed by atoms with Crippen LogP contribution in [0.1, 0.15) is 54.0 Å². The van der Waals surface area contributed by atoms with Crippen LogP contribution in [0.4, 0.5) is 0 Å². The monoisotopic (exact) mass is 708 g/mol. The Morgan fingerprint density at radius 3 is 1.80 bits per heavy atom. The number of rotatable bonds is 7. The van der Waals surface area contributed by atoms with E-state index in [0.29, 0.717) is 17.5 Å². The summed E-state index contributed by atoms with van der Waals surface area (Å²) in [6.45, 7) is 8.79. The van der Waals surface area contributed by atoms with Gasteiger partial charge in [0.05, 0.1) is 5.70 Å². The van der Waals surface area contributed by atoms with Crippen LogP contribution in [-0.4, -0.2) is 11.5 Å². The van der Waals surface area contributed by atoms with Crippen molar-refractivity contribution in [3.05, 3.63) is 204 Å². The molecule has 1 atom stereocenters. The molecule has 0 N–H and O–H groups in total. The van der Waals surface area contributed by atoms with E-state index in [1.165, 1.54) is 22.3 Å². The highest BCUT2D eigenvalue weighted by molar-refractivity contribution is 6.18. The fraction of sp³-hybridized carbons (Fsp3) is 0.0769. The van der Waals surface area contributed by atoms with E-state index in [0.717, 1.165) is 73.0 Å². The van der Waals surface area contributed by atoms with Crippen LogP contribution < -0.4 is 0 Å². The van der Waals surface area contributed by atoms with E-state index in [4.69, 9.17) is 14.4 Å². The number of hydrogen-bond acceptors (Lipinski definition) is 2. The van der Waals surface area contributed by atoms with Gasteiger partial charge in [0, 0.05) is 33.2 Å². The number of allylic oxidation sites excluding steroid dienone is 1. The highest BCUT2D eigenvalue weighted by Gasteiger charge is 2.23. The molecule has 0 saturated carbocycles. The Morgan fingerprint density at radius 2 is 1.15 bits per heavy atom. The molecule has 0 saturated heterocycles. The van der Waals surface area contributed by atoms with Crippen LogP contribution in [0.15, 0.2) is 191 Å². The summed E-state index contributed by atoms with van der Waals surface area (Å²) < 4.78 is 6.98. The maximum absolute atomic E-state index is 6.98. The lowest BCUT2D eigenvalue weighted by Gasteiger charge is -2.17. The molecule has 0 amide bonds. The molecular formula is C52H40N2O. The Hall–Kier alpha value is -6.84. The molecule has 9 rings (SSSR count). The molecular weight excluding hydrogens is 669 g/mol. The van der Waals surface area contributed by atoms with Gasteiger partial charge in [-0.15, -0.1) is 0 Å². The third kappa shape index (κ3) is 6.66. The molecule has 1 unspecified atom stereocenters. The number of nitrogens with zero attached hydrogens (tertiary/aromatic N) is 2. The molecule has 3 heteroatoms. The van der Waals surface area contributed by atoms with Crippen molar-refractivity contribution in [2.45, 2.75) is 26.2 Å². The van der Waals surface area contributed by atoms with Crippen LogP contribution in [0.25, 0.3) is 67.1 Å². The molecule has 0 radical (unpaired) electrons. The van der Waals surface area contributed by atoms with E-state index < -0.39 is 0 Å². The minimum absolute atomic E-state index is 0.351. The number of furan rings is 1. The van der Waals surface area contributed by atoms with Crippen LogP contribution in [0.2, 0.25) is 0 Å². The van der Waals surface area contributed by atoms with Crippen LogP contribution in [0.5, 0.6) is 0 Å². The normalized spacial score (nSPS) is 14.3. The molecule has 7 aromatic carbocycles. The van der Waals surface area contributed by atoms with Crippen molar-refractivity contribution in [1.82, 2.24) is 0 Å². The zero-order chi connectivity index (χ0) is 37.3. The second-order valence-electron chi connectivity index (χ2n) is 14.3. The third-order valence-corrected chi connectivity index (χ3v) is 10.7. The van der Waals surface area contributed by atoms with Crippen molar-refractivity contribution in [1.29, 1.82) is 0 Å². The van der Waals surface area contributed by atoms with E-state index in [1.807, 2.05) is 37.3 Å². The van der Waals surface area contributed by atoms with Gasteiger partial charge >= 0.3 is 0 Å². The van der Waals surface area contributed by atoms with Crippen LogP contribution in [0, 0.1) is 0 Å². The first-order valence-corrected chi connectivity index (χ1v) is 18.9. The SMILES string of the molecule is C=C(N=C(N=C(C)c1ccccc1)c1cc(-c2ccc(-c3ccccc3)cc2)c2oc3c4c(ccc3c2c1)C=CCC4C)c1ccc(-c2ccccc2)cc1. The highest BCUT2D eigenvalue weighted by Crippen LogP contribution is 2.43. The molecule has 1 heterocycles. The average Bonchev–Trinajstić information content (AvgIpc) is 3.63. The molecule has 0 bridgehead atoms. The van der Waals surface area contributed by atoms with Gasteiger partial charge < -0.3 is 4.42 Å². The van der Waals surface area contributed by atoms with Gasteiger partial charge in [-0.25, -0.2) is 9.98 Å². The summed E-state index contributed by atoms with van der Waals surface area (Å²) >= 11 is 0. The Labute approximate surface area is 322 Å². The van der Waals surface area contributed by atoms with Crippen molar-refractivity contribution in [3.8, 4) is 33.4 Å². The topological polar surface area (TPSA) is 37.9 Å². The van der Waals surface area contributed by atoms with Gasteiger partial charge in [-0.3, -0.25) is 0 Å². The van der Waals surface area contributed by atoms with E-state index in [2.05, 4.69) is 159 Å². The first-order valence-electron chi connectivity index (χ1n) is 18.9. The lowest BCUT2D eigenvalue weighted by atomic mass is 9.87. The molecule has 0 aliphatic heterocycles. The molecule has 264 valence electrons. The third-order valence-electron chi connectivity index (χ3n) is 10.7. The van der Waals surface area contributed by atoms with Gasteiger partial charge in [0.25, 0.3) is 0 Å². The van der Waals surface area contributed by atoms with Crippen LogP contribution >= 0.6 is 0 Å². The number of amidine groups is 1. The highest BCUT2D eigenvalue weighted by atomic mass is 16.3. The van der Waals surface area contributed by atoms with Crippen molar-refractivity contribution < 1.29 is 4.42 Å². The first-order chi connectivity index (χ1) is 27.0. The van der Waals surface area contributed by atoms with Gasteiger partial charge in [-0.05, 0) is 82.0 Å². The smallest absolute Gasteiger partial charge is 0.160 e. The fourth-order valence-corrected chi connectivity index (χ4v) is 7.70. The summed E-state index contributed by atoms with van der Waals surface area (Å²) in [5, 5.41) is 2.13. The van der Waals surface area contributed by atoms with Gasteiger partial charge in [-0.1, -0.05) is 171 Å². The average molecular weight is 709 g/mol. The van der Waals surface area contributed by atoms with Crippen molar-refractivity contribution in [2.75, 3.05) is 0 Å². The van der Waals surface area contributed by atoms with Gasteiger partial charge in [-0.2, -0.15) is 0 Å². The van der Waals surface area contributed by atoms with E-state index >= 15 is 0 Å². The number of aliphatic imine (C=N–C) groups is 2. The van der Waals surface area contributed by atoms with Crippen LogP contribution in [-0.2, 0) is 0 Å². The second kappa shape index (κ2) is 14.5. The fourth-order valence-electron chi connectivity index (χ4n) is 7.70. The van der Waals surface area contributed by atoms with Crippen molar-refractivity contribution >= 4 is 45.3 Å². The van der Waals surface area contributed by atoms with Crippen LogP contribution in [0.3, 0.4) is 0 Å². The molecule has 8 aromatic rings. The molecule has 1 aromatic heterocycles. The Bertz CT molecular complexity index is 2770. The lowest BCUT2D eigenvalue weighted by Crippen LogP contribution is -2.05. The Balaban J connectivity index is 1.24. The molecule has 0 fully saturated rings. The minimum Gasteiger partial charge on any atom is -0.455 e. The molecule has 1 aliphatic carbocycles. The maximum atomic E-state index is 6.98. The van der Waals surface area contributed by atoms with Gasteiger partial charge in [0.2, 0.25) is 0 Å². The molecule has 1 aliphatic rings. The maximum Gasteiger partial charge on any atom is 0.160 e. The van der Waals surface area contributed by atoms with E-state index in [1.54, 1.807) is 0 Å². The Morgan fingerprint density at radius 1 is 0.564 bits per heavy atom. The predicted octanol–water partition coefficient (Wildman–Crippen LogP) is 14.0. The number of fused-ring (bicyclic) bond motifs is 5. The standard InChI is InChI=1S/C52H40N2O/c1-34-14-13-21-44-30-31-46-48-33-45(32-47(50(48)55-51(46)49(34)44)43-28-26-42(27-29-43)40-19-11-6-12-20-40)52(53-35(2)37-15-7-4-8-16-37)54-36(3)38-22-24-41(25-23-38)39-17-9-5-10-18-39/h4-13,15-34H,3,14H2,1-2H3. The summed E-state index contributed by atoms with van der Waals surface area (Å²) in [6, 6.07) is 57.2. The summed E-state index contributed by atoms with van der Waals surface area (Å²) in [7, 11) is 0. The number of benzene rings is 7. The van der Waals surface area contributed by atoms with Gasteiger partial charge in [0.1, 0.15) is 11.2 Å². The molecule has 55 heavy (non-hydrogen) atoms. The Kier molecular flexibility index (Phi) is 8.97. The minimum atomic E-state index is 0.351. The predicted molar refractivity (Wildman–Crippen MR) is 233 cm³/mol. The zero-order valence-electron chi connectivity index (χ0n) is 31.0. The number of hydrogen-bond donors (Lipinski definition) is 0. The largest absolute Gasteiger partial charge is 0.455 e. The van der Waals surface area contributed by atoms with E-state index in [9.17, 15) is 0 Å². The van der Waals surface area contributed by atoms with Gasteiger partial charge in [0.15, 0.2) is 5.84 Å². The second-order valence-corrected chi connectivity index (χ2v) is 14.3. The first kappa shape index (κ1) is 34.0. The summed E-state index contributed by atoms with van der Waals surface area (Å²) in [5.41, 5.74) is 15.4. The molecule has 0 spiro atoms. The zero-order valence-corrected chi connectivity index (χ0v) is 31.0. The summed E-state index contributed by atoms with van der Waals surface area (Å²) in [4.78, 5) is 10.5. The van der Waals surface area contributed by atoms with Crippen molar-refractivity contribution in [3.63, 3.8) is 0 Å². The van der Waals surface area contributed by atoms with E-state index in [-0.39, 0.29) is 0 Å².